The first-order valence-electron chi connectivity index (χ1n) is 8.10. The maximum atomic E-state index is 12.0. The average Bonchev–Trinajstić information content (AvgIpc) is 2.48. The lowest BCUT2D eigenvalue weighted by atomic mass is 9.97. The number of rotatable bonds is 5. The Hall–Kier alpha value is -2.18. The summed E-state index contributed by atoms with van der Waals surface area (Å²) in [6.45, 7) is 1.43. The van der Waals surface area contributed by atoms with Crippen LogP contribution in [0.15, 0.2) is 12.1 Å². The summed E-state index contributed by atoms with van der Waals surface area (Å²) in [5.41, 5.74) is 0.531. The molecule has 0 radical (unpaired) electrons. The molecular weight excluding hydrogens is 298 g/mol. The van der Waals surface area contributed by atoms with Gasteiger partial charge in [0, 0.05) is 13.0 Å². The zero-order valence-corrected chi connectivity index (χ0v) is 13.4. The zero-order chi connectivity index (χ0) is 16.7. The van der Waals surface area contributed by atoms with E-state index in [9.17, 15) is 14.9 Å². The number of aryl methyl sites for hydroxylation is 1. The van der Waals surface area contributed by atoms with E-state index < -0.39 is 4.92 Å². The van der Waals surface area contributed by atoms with E-state index in [1.54, 1.807) is 13.0 Å². The van der Waals surface area contributed by atoms with Crippen molar-refractivity contribution in [3.8, 4) is 5.75 Å². The molecule has 1 aromatic heterocycles. The molecule has 0 aromatic carbocycles. The Morgan fingerprint density at radius 2 is 1.96 bits per heavy atom. The van der Waals surface area contributed by atoms with Crippen LogP contribution in [-0.4, -0.2) is 28.5 Å². The van der Waals surface area contributed by atoms with Crippen molar-refractivity contribution in [1.82, 2.24) is 10.3 Å². The number of nitrogens with zero attached hydrogens (tertiary/aromatic N) is 2. The fraction of sp³-hybridized carbons (Fsp3) is 0.625. The third kappa shape index (κ3) is 5.50. The molecule has 0 aliphatic heterocycles. The van der Waals surface area contributed by atoms with Crippen LogP contribution in [0.2, 0.25) is 0 Å². The highest BCUT2D eigenvalue weighted by atomic mass is 16.6. The molecule has 1 aromatic rings. The second-order valence-corrected chi connectivity index (χ2v) is 5.93. The van der Waals surface area contributed by atoms with E-state index in [0.717, 1.165) is 25.7 Å². The predicted molar refractivity (Wildman–Crippen MR) is 85.4 cm³/mol. The summed E-state index contributed by atoms with van der Waals surface area (Å²) in [6.07, 6.45) is 7.91. The molecule has 2 rings (SSSR count). The average molecular weight is 321 g/mol. The SMILES string of the molecule is Cc1ccc(OCC(=O)NC2CCCCCCC2)c([N+](=O)[O-])n1. The van der Waals surface area contributed by atoms with Crippen molar-refractivity contribution in [3.05, 3.63) is 27.9 Å². The van der Waals surface area contributed by atoms with Crippen molar-refractivity contribution in [2.24, 2.45) is 0 Å². The lowest BCUT2D eigenvalue weighted by Crippen LogP contribution is -2.38. The van der Waals surface area contributed by atoms with Gasteiger partial charge in [-0.2, -0.15) is 0 Å². The van der Waals surface area contributed by atoms with E-state index in [1.807, 2.05) is 0 Å². The minimum atomic E-state index is -0.602. The van der Waals surface area contributed by atoms with Gasteiger partial charge in [-0.15, -0.1) is 0 Å². The maximum absolute atomic E-state index is 12.0. The van der Waals surface area contributed by atoms with Crippen LogP contribution in [0.3, 0.4) is 0 Å². The first-order valence-corrected chi connectivity index (χ1v) is 8.10. The number of nitrogens with one attached hydrogen (secondary N) is 1. The Morgan fingerprint density at radius 1 is 1.30 bits per heavy atom. The number of pyridine rings is 1. The molecule has 0 unspecified atom stereocenters. The third-order valence-corrected chi connectivity index (χ3v) is 3.98. The van der Waals surface area contributed by atoms with Crippen LogP contribution in [0.4, 0.5) is 5.82 Å². The van der Waals surface area contributed by atoms with Gasteiger partial charge in [-0.1, -0.05) is 32.1 Å². The quantitative estimate of drug-likeness (QED) is 0.664. The molecule has 0 spiro atoms. The van der Waals surface area contributed by atoms with E-state index in [4.69, 9.17) is 4.74 Å². The predicted octanol–water partition coefficient (Wildman–Crippen LogP) is 2.91. The maximum Gasteiger partial charge on any atom is 0.406 e. The summed E-state index contributed by atoms with van der Waals surface area (Å²) in [4.78, 5) is 26.2. The molecule has 23 heavy (non-hydrogen) atoms. The van der Waals surface area contributed by atoms with Gasteiger partial charge < -0.3 is 20.2 Å². The molecule has 0 bridgehead atoms. The second kappa shape index (κ2) is 8.45. The summed E-state index contributed by atoms with van der Waals surface area (Å²) < 4.78 is 5.30. The number of hydrogen-bond acceptors (Lipinski definition) is 5. The second-order valence-electron chi connectivity index (χ2n) is 5.93. The highest BCUT2D eigenvalue weighted by Gasteiger charge is 2.19. The van der Waals surface area contributed by atoms with E-state index in [0.29, 0.717) is 5.69 Å². The Kier molecular flexibility index (Phi) is 6.31. The molecule has 0 atom stereocenters. The normalized spacial score (nSPS) is 16.2. The Labute approximate surface area is 135 Å². The number of hydrogen-bond donors (Lipinski definition) is 1. The smallest absolute Gasteiger partial charge is 0.406 e. The highest BCUT2D eigenvalue weighted by molar-refractivity contribution is 5.77. The van der Waals surface area contributed by atoms with Crippen molar-refractivity contribution in [2.45, 2.75) is 57.9 Å². The molecule has 7 nitrogen and oxygen atoms in total. The minimum absolute atomic E-state index is 0.0217. The van der Waals surface area contributed by atoms with Crippen molar-refractivity contribution in [1.29, 1.82) is 0 Å². The van der Waals surface area contributed by atoms with Gasteiger partial charge in [0.1, 0.15) is 5.69 Å². The number of nitro groups is 1. The van der Waals surface area contributed by atoms with Gasteiger partial charge in [-0.25, -0.2) is 0 Å². The molecule has 126 valence electrons. The molecule has 1 heterocycles. The van der Waals surface area contributed by atoms with Crippen LogP contribution >= 0.6 is 0 Å². The molecule has 1 fully saturated rings. The van der Waals surface area contributed by atoms with Gasteiger partial charge in [0.25, 0.3) is 5.91 Å². The van der Waals surface area contributed by atoms with Crippen molar-refractivity contribution in [2.75, 3.05) is 6.61 Å². The van der Waals surface area contributed by atoms with Gasteiger partial charge >= 0.3 is 5.82 Å². The number of amides is 1. The Morgan fingerprint density at radius 3 is 2.61 bits per heavy atom. The largest absolute Gasteiger partial charge is 0.476 e. The standard InChI is InChI=1S/C16H23N3O4/c1-12-9-10-14(16(17-12)19(21)22)23-11-15(20)18-13-7-5-3-2-4-6-8-13/h9-10,13H,2-8,11H2,1H3,(H,18,20). The molecule has 1 aliphatic rings. The Balaban J connectivity index is 1.87. The molecule has 1 aliphatic carbocycles. The van der Waals surface area contributed by atoms with Crippen LogP contribution in [0.25, 0.3) is 0 Å². The van der Waals surface area contributed by atoms with Gasteiger partial charge in [0.2, 0.25) is 5.75 Å². The molecule has 7 heteroatoms. The summed E-state index contributed by atoms with van der Waals surface area (Å²) in [7, 11) is 0. The van der Waals surface area contributed by atoms with E-state index in [1.165, 1.54) is 25.3 Å². The number of aromatic nitrogens is 1. The van der Waals surface area contributed by atoms with E-state index in [-0.39, 0.29) is 30.1 Å². The van der Waals surface area contributed by atoms with Gasteiger partial charge in [-0.3, -0.25) is 4.79 Å². The monoisotopic (exact) mass is 321 g/mol. The minimum Gasteiger partial charge on any atom is -0.476 e. The number of ether oxygens (including phenoxy) is 1. The summed E-state index contributed by atoms with van der Waals surface area (Å²) in [5.74, 6) is -0.581. The highest BCUT2D eigenvalue weighted by Crippen LogP contribution is 2.24. The van der Waals surface area contributed by atoms with Crippen molar-refractivity contribution in [3.63, 3.8) is 0 Å². The number of carbonyl (C=O) groups excluding carboxylic acids is 1. The molecule has 0 saturated heterocycles. The zero-order valence-electron chi connectivity index (χ0n) is 13.4. The van der Waals surface area contributed by atoms with E-state index in [2.05, 4.69) is 10.3 Å². The van der Waals surface area contributed by atoms with Gasteiger partial charge in [0.15, 0.2) is 6.61 Å². The van der Waals surface area contributed by atoms with Crippen molar-refractivity contribution >= 4 is 11.7 Å². The topological polar surface area (TPSA) is 94.4 Å². The summed E-state index contributed by atoms with van der Waals surface area (Å²) in [5, 5.41) is 13.9. The van der Waals surface area contributed by atoms with Crippen LogP contribution in [0.1, 0.15) is 50.6 Å². The first-order chi connectivity index (χ1) is 11.1. The molecular formula is C16H23N3O4. The van der Waals surface area contributed by atoms with Crippen LogP contribution in [0, 0.1) is 17.0 Å². The summed E-state index contributed by atoms with van der Waals surface area (Å²) in [6, 6.07) is 3.27. The van der Waals surface area contributed by atoms with Crippen LogP contribution in [0.5, 0.6) is 5.75 Å². The lowest BCUT2D eigenvalue weighted by molar-refractivity contribution is -0.390. The van der Waals surface area contributed by atoms with E-state index >= 15 is 0 Å². The van der Waals surface area contributed by atoms with Gasteiger partial charge in [0.05, 0.1) is 0 Å². The lowest BCUT2D eigenvalue weighted by Gasteiger charge is -2.21. The summed E-state index contributed by atoms with van der Waals surface area (Å²) >= 11 is 0. The molecule has 1 amide bonds. The first kappa shape index (κ1) is 17.2. The third-order valence-electron chi connectivity index (χ3n) is 3.98. The van der Waals surface area contributed by atoms with Crippen LogP contribution < -0.4 is 10.1 Å². The molecule has 1 N–H and O–H groups in total. The van der Waals surface area contributed by atoms with Crippen molar-refractivity contribution < 1.29 is 14.5 Å². The van der Waals surface area contributed by atoms with Crippen LogP contribution in [-0.2, 0) is 4.79 Å². The van der Waals surface area contributed by atoms with Gasteiger partial charge in [-0.05, 0) is 34.9 Å². The fourth-order valence-corrected chi connectivity index (χ4v) is 2.79. The Bertz CT molecular complexity index is 554. The fourth-order valence-electron chi connectivity index (χ4n) is 2.79. The number of carbonyl (C=O) groups is 1. The molecule has 1 saturated carbocycles.